The number of ether oxygens (including phenoxy) is 1. The van der Waals surface area contributed by atoms with Gasteiger partial charge in [-0.1, -0.05) is 12.1 Å². The molecule has 0 atom stereocenters. The number of sulfonamides is 1. The van der Waals surface area contributed by atoms with Gasteiger partial charge in [0.25, 0.3) is 0 Å². The van der Waals surface area contributed by atoms with Crippen LogP contribution in [-0.4, -0.2) is 31.5 Å². The number of esters is 1. The first-order valence-electron chi connectivity index (χ1n) is 5.96. The number of carbonyl (C=O) groups excluding carboxylic acids is 1. The summed E-state index contributed by atoms with van der Waals surface area (Å²) < 4.78 is 31.5. The van der Waals surface area contributed by atoms with Crippen molar-refractivity contribution in [2.24, 2.45) is 0 Å². The molecule has 21 heavy (non-hydrogen) atoms. The minimum atomic E-state index is -3.86. The standard InChI is InChI=1S/C13H13N3O4S/c1-20-13(17)11-4-2-3-5-12(11)21(18,19)16-8-10-6-7-14-9-15-10/h2-7,9,16H,8H2,1H3. The Morgan fingerprint density at radius 1 is 1.29 bits per heavy atom. The lowest BCUT2D eigenvalue weighted by Crippen LogP contribution is -2.25. The van der Waals surface area contributed by atoms with Crippen molar-refractivity contribution in [3.63, 3.8) is 0 Å². The largest absolute Gasteiger partial charge is 0.465 e. The molecule has 8 heteroatoms. The summed E-state index contributed by atoms with van der Waals surface area (Å²) in [4.78, 5) is 19.2. The van der Waals surface area contributed by atoms with Gasteiger partial charge in [-0.15, -0.1) is 0 Å². The summed E-state index contributed by atoms with van der Waals surface area (Å²) >= 11 is 0. The van der Waals surface area contributed by atoms with E-state index in [1.807, 2.05) is 0 Å². The third-order valence-electron chi connectivity index (χ3n) is 2.67. The van der Waals surface area contributed by atoms with E-state index in [4.69, 9.17) is 0 Å². The normalized spacial score (nSPS) is 11.1. The zero-order valence-electron chi connectivity index (χ0n) is 11.2. The molecule has 0 aliphatic rings. The molecule has 0 bridgehead atoms. The smallest absolute Gasteiger partial charge is 0.339 e. The van der Waals surface area contributed by atoms with Crippen LogP contribution in [0.5, 0.6) is 0 Å². The summed E-state index contributed by atoms with van der Waals surface area (Å²) in [5.74, 6) is -0.710. The van der Waals surface area contributed by atoms with Crippen LogP contribution >= 0.6 is 0 Å². The lowest BCUT2D eigenvalue weighted by atomic mass is 10.2. The highest BCUT2D eigenvalue weighted by molar-refractivity contribution is 7.89. The Labute approximate surface area is 122 Å². The first kappa shape index (κ1) is 15.1. The SMILES string of the molecule is COC(=O)c1ccccc1S(=O)(=O)NCc1ccncn1. The van der Waals surface area contributed by atoms with Crippen molar-refractivity contribution >= 4 is 16.0 Å². The van der Waals surface area contributed by atoms with Crippen LogP contribution in [0.15, 0.2) is 47.8 Å². The van der Waals surface area contributed by atoms with Gasteiger partial charge in [0, 0.05) is 6.20 Å². The fourth-order valence-corrected chi connectivity index (χ4v) is 2.84. The van der Waals surface area contributed by atoms with Crippen molar-refractivity contribution < 1.29 is 17.9 Å². The van der Waals surface area contributed by atoms with Gasteiger partial charge in [0.05, 0.1) is 29.8 Å². The third kappa shape index (κ3) is 3.61. The van der Waals surface area contributed by atoms with Gasteiger partial charge in [0.2, 0.25) is 10.0 Å². The van der Waals surface area contributed by atoms with Crippen molar-refractivity contribution in [3.05, 3.63) is 54.1 Å². The van der Waals surface area contributed by atoms with Gasteiger partial charge < -0.3 is 4.74 Å². The molecule has 1 N–H and O–H groups in total. The first-order chi connectivity index (χ1) is 10.0. The van der Waals surface area contributed by atoms with Crippen molar-refractivity contribution in [3.8, 4) is 0 Å². The zero-order chi connectivity index (χ0) is 15.3. The molecule has 110 valence electrons. The monoisotopic (exact) mass is 307 g/mol. The fourth-order valence-electron chi connectivity index (χ4n) is 1.65. The minimum Gasteiger partial charge on any atom is -0.465 e. The highest BCUT2D eigenvalue weighted by Crippen LogP contribution is 2.16. The van der Waals surface area contributed by atoms with Crippen molar-refractivity contribution in [2.75, 3.05) is 7.11 Å². The van der Waals surface area contributed by atoms with E-state index in [2.05, 4.69) is 19.4 Å². The molecule has 0 amide bonds. The van der Waals surface area contributed by atoms with E-state index < -0.39 is 16.0 Å². The average molecular weight is 307 g/mol. The van der Waals surface area contributed by atoms with E-state index in [9.17, 15) is 13.2 Å². The van der Waals surface area contributed by atoms with Crippen LogP contribution in [-0.2, 0) is 21.3 Å². The summed E-state index contributed by atoms with van der Waals surface area (Å²) in [6, 6.07) is 7.43. The van der Waals surface area contributed by atoms with E-state index in [0.717, 1.165) is 0 Å². The van der Waals surface area contributed by atoms with Gasteiger partial charge in [-0.2, -0.15) is 0 Å². The van der Waals surface area contributed by atoms with Crippen LogP contribution in [0.2, 0.25) is 0 Å². The van der Waals surface area contributed by atoms with Crippen LogP contribution in [0, 0.1) is 0 Å². The maximum absolute atomic E-state index is 12.3. The van der Waals surface area contributed by atoms with Gasteiger partial charge in [-0.05, 0) is 18.2 Å². The Morgan fingerprint density at radius 2 is 2.05 bits per heavy atom. The van der Waals surface area contributed by atoms with Gasteiger partial charge >= 0.3 is 5.97 Å². The molecular formula is C13H13N3O4S. The van der Waals surface area contributed by atoms with E-state index in [1.54, 1.807) is 12.1 Å². The Morgan fingerprint density at radius 3 is 2.71 bits per heavy atom. The molecule has 0 aliphatic heterocycles. The second kappa shape index (κ2) is 6.42. The summed E-state index contributed by atoms with van der Waals surface area (Å²) in [6.45, 7) is 0.000357. The lowest BCUT2D eigenvalue weighted by Gasteiger charge is -2.09. The highest BCUT2D eigenvalue weighted by Gasteiger charge is 2.22. The van der Waals surface area contributed by atoms with Crippen LogP contribution in [0.3, 0.4) is 0 Å². The average Bonchev–Trinajstić information content (AvgIpc) is 2.53. The van der Waals surface area contributed by atoms with Crippen LogP contribution < -0.4 is 4.72 Å². The Kier molecular flexibility index (Phi) is 4.61. The van der Waals surface area contributed by atoms with E-state index in [-0.39, 0.29) is 17.0 Å². The van der Waals surface area contributed by atoms with Gasteiger partial charge in [0.1, 0.15) is 6.33 Å². The summed E-state index contributed by atoms with van der Waals surface area (Å²) in [5, 5.41) is 0. The first-order valence-corrected chi connectivity index (χ1v) is 7.45. The van der Waals surface area contributed by atoms with Crippen molar-refractivity contribution in [2.45, 2.75) is 11.4 Å². The Bertz CT molecular complexity index is 732. The minimum absolute atomic E-state index is 0.000357. The number of nitrogens with zero attached hydrogens (tertiary/aromatic N) is 2. The zero-order valence-corrected chi connectivity index (χ0v) is 12.0. The predicted octanol–water partition coefficient (Wildman–Crippen LogP) is 0.742. The predicted molar refractivity (Wildman–Crippen MR) is 73.8 cm³/mol. The molecule has 0 fully saturated rings. The molecule has 0 saturated carbocycles. The van der Waals surface area contributed by atoms with Crippen molar-refractivity contribution in [1.82, 2.24) is 14.7 Å². The van der Waals surface area contributed by atoms with E-state index in [0.29, 0.717) is 5.69 Å². The molecule has 2 aromatic rings. The number of aromatic nitrogens is 2. The molecule has 1 aromatic carbocycles. The van der Waals surface area contributed by atoms with E-state index >= 15 is 0 Å². The molecule has 0 radical (unpaired) electrons. The number of methoxy groups -OCH3 is 1. The van der Waals surface area contributed by atoms with Gasteiger partial charge in [-0.25, -0.2) is 27.9 Å². The maximum atomic E-state index is 12.3. The number of hydrogen-bond donors (Lipinski definition) is 1. The topological polar surface area (TPSA) is 98.2 Å². The Balaban J connectivity index is 2.26. The molecule has 2 rings (SSSR count). The summed E-state index contributed by atoms with van der Waals surface area (Å²) in [7, 11) is -2.66. The summed E-state index contributed by atoms with van der Waals surface area (Å²) in [5.41, 5.74) is 0.499. The molecule has 0 unspecified atom stereocenters. The van der Waals surface area contributed by atoms with Gasteiger partial charge in [0.15, 0.2) is 0 Å². The van der Waals surface area contributed by atoms with Crippen molar-refractivity contribution in [1.29, 1.82) is 0 Å². The molecule has 1 aromatic heterocycles. The van der Waals surface area contributed by atoms with Crippen LogP contribution in [0.4, 0.5) is 0 Å². The molecule has 0 spiro atoms. The second-order valence-corrected chi connectivity index (χ2v) is 5.75. The summed E-state index contributed by atoms with van der Waals surface area (Å²) in [6.07, 6.45) is 2.84. The molecule has 7 nitrogen and oxygen atoms in total. The number of nitrogens with one attached hydrogen (secondary N) is 1. The highest BCUT2D eigenvalue weighted by atomic mass is 32.2. The maximum Gasteiger partial charge on any atom is 0.339 e. The fraction of sp³-hybridized carbons (Fsp3) is 0.154. The second-order valence-electron chi connectivity index (χ2n) is 4.01. The van der Waals surface area contributed by atoms with E-state index in [1.165, 1.54) is 37.8 Å². The number of carbonyl (C=O) groups is 1. The van der Waals surface area contributed by atoms with Crippen LogP contribution in [0.1, 0.15) is 16.1 Å². The number of rotatable bonds is 5. The lowest BCUT2D eigenvalue weighted by molar-refractivity contribution is 0.0596. The molecule has 1 heterocycles. The number of hydrogen-bond acceptors (Lipinski definition) is 6. The third-order valence-corrected chi connectivity index (χ3v) is 4.13. The molecular weight excluding hydrogens is 294 g/mol. The molecule has 0 aliphatic carbocycles. The Hall–Kier alpha value is -2.32. The van der Waals surface area contributed by atoms with Gasteiger partial charge in [-0.3, -0.25) is 0 Å². The van der Waals surface area contributed by atoms with Crippen LogP contribution in [0.25, 0.3) is 0 Å². The molecule has 0 saturated heterocycles. The quantitative estimate of drug-likeness (QED) is 0.818. The number of benzene rings is 1.